The van der Waals surface area contributed by atoms with Crippen LogP contribution in [0.3, 0.4) is 0 Å². The fraction of sp³-hybridized carbons (Fsp3) is 0.381. The lowest BCUT2D eigenvalue weighted by Gasteiger charge is -2.47. The van der Waals surface area contributed by atoms with Crippen LogP contribution in [0.2, 0.25) is 0 Å². The Kier molecular flexibility index (Phi) is 11.6. The number of carbonyl (C=O) groups excluding carboxylic acids is 4. The zero-order valence-electron chi connectivity index (χ0n) is 31.4. The van der Waals surface area contributed by atoms with Crippen LogP contribution in [0, 0.1) is 18.6 Å². The number of ether oxygens (including phenoxy) is 1. The predicted molar refractivity (Wildman–Crippen MR) is 206 cm³/mol. The van der Waals surface area contributed by atoms with Gasteiger partial charge in [0.2, 0.25) is 5.91 Å². The van der Waals surface area contributed by atoms with Crippen molar-refractivity contribution in [2.75, 3.05) is 37.4 Å². The molecule has 0 saturated carbocycles. The molecule has 1 aromatic heterocycles. The summed E-state index contributed by atoms with van der Waals surface area (Å²) in [7, 11) is 1.31. The molecule has 12 heteroatoms. The van der Waals surface area contributed by atoms with Crippen molar-refractivity contribution in [3.63, 3.8) is 0 Å². The second-order valence-electron chi connectivity index (χ2n) is 14.8. The number of methoxy groups -OCH3 is 1. The number of fused-ring (bicyclic) bond motifs is 1. The van der Waals surface area contributed by atoms with Crippen LogP contribution in [0.1, 0.15) is 97.4 Å². The van der Waals surface area contributed by atoms with Crippen LogP contribution in [0.5, 0.6) is 0 Å². The van der Waals surface area contributed by atoms with Gasteiger partial charge in [-0.1, -0.05) is 24.3 Å². The van der Waals surface area contributed by atoms with Crippen LogP contribution < -0.4 is 10.6 Å². The molecule has 6 rings (SSSR count). The van der Waals surface area contributed by atoms with Gasteiger partial charge in [0.25, 0.3) is 11.8 Å². The number of hydrogen-bond acceptors (Lipinski definition) is 7. The second-order valence-corrected chi connectivity index (χ2v) is 15.9. The Balaban J connectivity index is 1.16. The molecular weight excluding hydrogens is 711 g/mol. The molecule has 1 aliphatic carbocycles. The molecule has 3 aromatic carbocycles. The van der Waals surface area contributed by atoms with Crippen LogP contribution in [-0.2, 0) is 41.8 Å². The average molecular weight is 757 g/mol. The first-order valence-corrected chi connectivity index (χ1v) is 19.1. The van der Waals surface area contributed by atoms with Gasteiger partial charge in [0.05, 0.1) is 18.2 Å². The maximum atomic E-state index is 15.4. The fourth-order valence-corrected chi connectivity index (χ4v) is 8.73. The van der Waals surface area contributed by atoms with Crippen molar-refractivity contribution >= 4 is 45.7 Å². The summed E-state index contributed by atoms with van der Waals surface area (Å²) in [5.74, 6) is -2.85. The number of carbonyl (C=O) groups is 4. The highest BCUT2D eigenvalue weighted by molar-refractivity contribution is 7.17. The minimum atomic E-state index is -0.780. The summed E-state index contributed by atoms with van der Waals surface area (Å²) in [6, 6.07) is 14.8. The van der Waals surface area contributed by atoms with Crippen molar-refractivity contribution in [3.8, 4) is 0 Å². The third-order valence-electron chi connectivity index (χ3n) is 10.5. The summed E-state index contributed by atoms with van der Waals surface area (Å²) in [6.45, 7) is 10.2. The smallest absolute Gasteiger partial charge is 0.338 e. The fourth-order valence-electron chi connectivity index (χ4n) is 7.45. The van der Waals surface area contributed by atoms with Gasteiger partial charge in [-0.05, 0) is 112 Å². The van der Waals surface area contributed by atoms with Gasteiger partial charge in [-0.3, -0.25) is 19.3 Å². The molecule has 2 aliphatic rings. The van der Waals surface area contributed by atoms with E-state index >= 15 is 8.78 Å². The van der Waals surface area contributed by atoms with E-state index in [4.69, 9.17) is 4.74 Å². The van der Waals surface area contributed by atoms with Crippen LogP contribution in [-0.4, -0.2) is 65.8 Å². The number of halogens is 2. The first kappa shape index (κ1) is 38.8. The van der Waals surface area contributed by atoms with Gasteiger partial charge < -0.3 is 20.3 Å². The lowest BCUT2D eigenvalue weighted by atomic mass is 9.95. The first-order chi connectivity index (χ1) is 25.7. The van der Waals surface area contributed by atoms with E-state index in [0.29, 0.717) is 66.3 Å². The highest BCUT2D eigenvalue weighted by Gasteiger charge is 2.35. The molecule has 0 unspecified atom stereocenters. The van der Waals surface area contributed by atoms with Crippen LogP contribution in [0.25, 0.3) is 0 Å². The van der Waals surface area contributed by atoms with Gasteiger partial charge in [-0.15, -0.1) is 11.3 Å². The van der Waals surface area contributed by atoms with E-state index in [1.165, 1.54) is 18.4 Å². The predicted octanol–water partition coefficient (Wildman–Crippen LogP) is 7.73. The quantitative estimate of drug-likeness (QED) is 0.161. The number of amides is 3. The number of anilines is 2. The molecule has 9 nitrogen and oxygen atoms in total. The second kappa shape index (κ2) is 16.2. The topological polar surface area (TPSA) is 108 Å². The number of esters is 1. The number of aryl methyl sites for hydroxylation is 3. The summed E-state index contributed by atoms with van der Waals surface area (Å²) in [5.41, 5.74) is 4.15. The Morgan fingerprint density at radius 1 is 0.889 bits per heavy atom. The van der Waals surface area contributed by atoms with Gasteiger partial charge in [0.1, 0.15) is 16.6 Å². The Morgan fingerprint density at radius 3 is 2.31 bits per heavy atom. The Bertz CT molecular complexity index is 2090. The summed E-state index contributed by atoms with van der Waals surface area (Å²) in [4.78, 5) is 56.7. The molecule has 284 valence electrons. The van der Waals surface area contributed by atoms with E-state index in [2.05, 4.69) is 29.4 Å². The molecule has 0 radical (unpaired) electrons. The summed E-state index contributed by atoms with van der Waals surface area (Å²) in [6.07, 6.45) is 3.71. The van der Waals surface area contributed by atoms with Crippen molar-refractivity contribution in [1.82, 2.24) is 9.80 Å². The largest absolute Gasteiger partial charge is 0.465 e. The minimum Gasteiger partial charge on any atom is -0.465 e. The average Bonchev–Trinajstić information content (AvgIpc) is 3.49. The summed E-state index contributed by atoms with van der Waals surface area (Å²) >= 11 is 1.37. The minimum absolute atomic E-state index is 0.0233. The zero-order chi connectivity index (χ0) is 38.7. The van der Waals surface area contributed by atoms with Gasteiger partial charge in [0.15, 0.2) is 0 Å². The molecule has 2 N–H and O–H groups in total. The van der Waals surface area contributed by atoms with E-state index in [0.717, 1.165) is 53.0 Å². The summed E-state index contributed by atoms with van der Waals surface area (Å²) in [5, 5.41) is 6.08. The molecule has 54 heavy (non-hydrogen) atoms. The van der Waals surface area contributed by atoms with Gasteiger partial charge in [-0.25, -0.2) is 13.6 Å². The maximum absolute atomic E-state index is 15.4. The normalized spacial score (nSPS) is 15.4. The maximum Gasteiger partial charge on any atom is 0.338 e. The molecule has 4 aromatic rings. The molecule has 3 amide bonds. The van der Waals surface area contributed by atoms with E-state index in [-0.39, 0.29) is 35.0 Å². The van der Waals surface area contributed by atoms with Crippen LogP contribution >= 0.6 is 11.3 Å². The first-order valence-electron chi connectivity index (χ1n) is 18.3. The number of benzene rings is 3. The number of nitrogens with one attached hydrogen (secondary N) is 2. The van der Waals surface area contributed by atoms with Gasteiger partial charge in [0, 0.05) is 60.3 Å². The Hall–Kier alpha value is -4.94. The van der Waals surface area contributed by atoms with Gasteiger partial charge in [-0.2, -0.15) is 0 Å². The lowest BCUT2D eigenvalue weighted by Crippen LogP contribution is -2.59. The number of nitrogens with zero attached hydrogens (tertiary/aromatic N) is 2. The number of hydrogen-bond donors (Lipinski definition) is 2. The lowest BCUT2D eigenvalue weighted by molar-refractivity contribution is -0.134. The van der Waals surface area contributed by atoms with Crippen molar-refractivity contribution in [2.24, 2.45) is 0 Å². The van der Waals surface area contributed by atoms with E-state index in [1.807, 2.05) is 23.1 Å². The third-order valence-corrected chi connectivity index (χ3v) is 11.7. The SMILES string of the molecule is COC(=O)c1ccc(CCc2c(F)cc(NC(=O)c3c(NC(=O)c4cccc(CN5CCN(C(C)=O)CC5(C)C)c4)sc4c3CCCC4)cc2F)cc1C. The van der Waals surface area contributed by atoms with Crippen molar-refractivity contribution in [3.05, 3.63) is 116 Å². The molecule has 1 saturated heterocycles. The van der Waals surface area contributed by atoms with E-state index in [1.54, 1.807) is 38.1 Å². The van der Waals surface area contributed by atoms with E-state index < -0.39 is 23.5 Å². The molecule has 2 heterocycles. The number of thiophene rings is 1. The highest BCUT2D eigenvalue weighted by atomic mass is 32.1. The molecule has 1 fully saturated rings. The summed E-state index contributed by atoms with van der Waals surface area (Å²) < 4.78 is 35.5. The third kappa shape index (κ3) is 8.55. The number of rotatable bonds is 10. The molecule has 0 atom stereocenters. The number of piperazine rings is 1. The standard InChI is InChI=1S/C42H46F2N4O5S/c1-25-19-27(13-15-31(25)41(52)53-5)14-16-32-34(43)21-30(22-35(32)44)45-39(51)37-33-11-6-7-12-36(33)54-40(37)46-38(50)29-10-8-9-28(20-29)23-48-18-17-47(26(2)49)24-42(48,3)4/h8-10,13,15,19-22H,6-7,11-12,14,16-18,23-24H2,1-5H3,(H,45,51)(H,46,50). The van der Waals surface area contributed by atoms with Gasteiger partial charge >= 0.3 is 5.97 Å². The molecule has 0 bridgehead atoms. The highest BCUT2D eigenvalue weighted by Crippen LogP contribution is 2.39. The van der Waals surface area contributed by atoms with Crippen molar-refractivity contribution in [2.45, 2.75) is 78.3 Å². The molecular formula is C42H46F2N4O5S. The zero-order valence-corrected chi connectivity index (χ0v) is 32.2. The van der Waals surface area contributed by atoms with Crippen molar-refractivity contribution in [1.29, 1.82) is 0 Å². The van der Waals surface area contributed by atoms with E-state index in [9.17, 15) is 19.2 Å². The Morgan fingerprint density at radius 2 is 1.63 bits per heavy atom. The molecule has 0 spiro atoms. The molecule has 1 aliphatic heterocycles. The van der Waals surface area contributed by atoms with Crippen LogP contribution in [0.4, 0.5) is 19.5 Å². The van der Waals surface area contributed by atoms with Crippen LogP contribution in [0.15, 0.2) is 54.6 Å². The van der Waals surface area contributed by atoms with Crippen molar-refractivity contribution < 1.29 is 32.7 Å². The monoisotopic (exact) mass is 756 g/mol. The Labute approximate surface area is 318 Å².